The summed E-state index contributed by atoms with van der Waals surface area (Å²) in [6, 6.07) is 10.5. The second-order valence-corrected chi connectivity index (χ2v) is 6.47. The zero-order valence-electron chi connectivity index (χ0n) is 16.1. The molecule has 1 aromatic heterocycles. The Kier molecular flexibility index (Phi) is 5.99. The molecule has 0 aliphatic heterocycles. The first-order valence-corrected chi connectivity index (χ1v) is 9.07. The lowest BCUT2D eigenvalue weighted by atomic mass is 10.1. The van der Waals surface area contributed by atoms with Crippen molar-refractivity contribution in [3.05, 3.63) is 64.0 Å². The van der Waals surface area contributed by atoms with Crippen LogP contribution < -0.4 is 14.9 Å². The smallest absolute Gasteiger partial charge is 0.344 e. The molecule has 146 valence electrons. The van der Waals surface area contributed by atoms with E-state index in [1.165, 1.54) is 6.26 Å². The van der Waals surface area contributed by atoms with Gasteiger partial charge in [-0.3, -0.25) is 4.79 Å². The summed E-state index contributed by atoms with van der Waals surface area (Å²) in [4.78, 5) is 24.3. The Labute approximate surface area is 162 Å². The van der Waals surface area contributed by atoms with Gasteiger partial charge in [-0.15, -0.1) is 0 Å². The maximum Gasteiger partial charge on any atom is 0.344 e. The molecule has 6 heteroatoms. The molecular formula is C22H22O6. The van der Waals surface area contributed by atoms with Gasteiger partial charge in [0.25, 0.3) is 0 Å². The summed E-state index contributed by atoms with van der Waals surface area (Å²) >= 11 is 0. The van der Waals surface area contributed by atoms with Gasteiger partial charge >= 0.3 is 5.97 Å². The summed E-state index contributed by atoms with van der Waals surface area (Å²) in [5, 5.41) is 0.365. The zero-order chi connectivity index (χ0) is 20.1. The molecular weight excluding hydrogens is 360 g/mol. The first kappa shape index (κ1) is 19.5. The minimum absolute atomic E-state index is 0.109. The van der Waals surface area contributed by atoms with Crippen molar-refractivity contribution in [2.24, 2.45) is 0 Å². The SMILES string of the molecule is CCCOC(=O)COc1ccc2c(=O)c(Oc3cc(C)ccc3C)coc2c1. The van der Waals surface area contributed by atoms with E-state index in [1.807, 2.05) is 39.0 Å². The van der Waals surface area contributed by atoms with Crippen LogP contribution in [0.5, 0.6) is 17.2 Å². The van der Waals surface area contributed by atoms with E-state index < -0.39 is 5.97 Å². The third kappa shape index (κ3) is 4.52. The second-order valence-electron chi connectivity index (χ2n) is 6.47. The summed E-state index contributed by atoms with van der Waals surface area (Å²) in [7, 11) is 0. The van der Waals surface area contributed by atoms with Crippen LogP contribution in [0.2, 0.25) is 0 Å². The van der Waals surface area contributed by atoms with Crippen LogP contribution in [0.4, 0.5) is 0 Å². The molecule has 0 spiro atoms. The third-order valence-electron chi connectivity index (χ3n) is 4.10. The number of carbonyl (C=O) groups is 1. The van der Waals surface area contributed by atoms with Crippen molar-refractivity contribution < 1.29 is 23.4 Å². The average molecular weight is 382 g/mol. The molecule has 2 aromatic carbocycles. The highest BCUT2D eigenvalue weighted by Crippen LogP contribution is 2.26. The second kappa shape index (κ2) is 8.61. The van der Waals surface area contributed by atoms with E-state index >= 15 is 0 Å². The van der Waals surface area contributed by atoms with Gasteiger partial charge in [0.15, 0.2) is 6.61 Å². The number of benzene rings is 2. The molecule has 0 unspecified atom stereocenters. The van der Waals surface area contributed by atoms with Crippen LogP contribution >= 0.6 is 0 Å². The van der Waals surface area contributed by atoms with E-state index in [2.05, 4.69) is 0 Å². The predicted molar refractivity (Wildman–Crippen MR) is 105 cm³/mol. The minimum Gasteiger partial charge on any atom is -0.482 e. The Hall–Kier alpha value is -3.28. The lowest BCUT2D eigenvalue weighted by molar-refractivity contribution is -0.146. The lowest BCUT2D eigenvalue weighted by Crippen LogP contribution is -2.15. The van der Waals surface area contributed by atoms with E-state index in [9.17, 15) is 9.59 Å². The summed E-state index contributed by atoms with van der Waals surface area (Å²) in [6.07, 6.45) is 2.03. The summed E-state index contributed by atoms with van der Waals surface area (Å²) in [5.74, 6) is 0.683. The van der Waals surface area contributed by atoms with Gasteiger partial charge in [-0.1, -0.05) is 19.1 Å². The summed E-state index contributed by atoms with van der Waals surface area (Å²) < 4.78 is 21.7. The molecule has 0 bridgehead atoms. The van der Waals surface area contributed by atoms with Crippen LogP contribution in [0.15, 0.2) is 51.9 Å². The Bertz CT molecular complexity index is 1050. The number of carbonyl (C=O) groups excluding carboxylic acids is 1. The van der Waals surface area contributed by atoms with E-state index in [0.29, 0.717) is 29.1 Å². The maximum absolute atomic E-state index is 12.7. The normalized spacial score (nSPS) is 10.7. The molecule has 0 radical (unpaired) electrons. The molecule has 0 fully saturated rings. The fraction of sp³-hybridized carbons (Fsp3) is 0.273. The molecule has 3 rings (SSSR count). The van der Waals surface area contributed by atoms with Crippen LogP contribution in [0.1, 0.15) is 24.5 Å². The molecule has 0 saturated heterocycles. The van der Waals surface area contributed by atoms with Gasteiger partial charge in [-0.2, -0.15) is 0 Å². The Morgan fingerprint density at radius 2 is 1.89 bits per heavy atom. The fourth-order valence-electron chi connectivity index (χ4n) is 2.59. The first-order valence-electron chi connectivity index (χ1n) is 9.07. The van der Waals surface area contributed by atoms with Crippen molar-refractivity contribution in [3.8, 4) is 17.2 Å². The van der Waals surface area contributed by atoms with Crippen molar-refractivity contribution in [1.29, 1.82) is 0 Å². The number of aryl methyl sites for hydroxylation is 2. The number of rotatable bonds is 7. The quantitative estimate of drug-likeness (QED) is 0.559. The van der Waals surface area contributed by atoms with Crippen LogP contribution in [-0.4, -0.2) is 19.2 Å². The van der Waals surface area contributed by atoms with Gasteiger partial charge in [-0.05, 0) is 49.6 Å². The predicted octanol–water partition coefficient (Wildman–Crippen LogP) is 4.53. The molecule has 3 aromatic rings. The fourth-order valence-corrected chi connectivity index (χ4v) is 2.59. The highest BCUT2D eigenvalue weighted by molar-refractivity contribution is 5.79. The number of hydrogen-bond donors (Lipinski definition) is 0. The Balaban J connectivity index is 1.80. The van der Waals surface area contributed by atoms with Crippen LogP contribution in [-0.2, 0) is 9.53 Å². The molecule has 0 saturated carbocycles. The van der Waals surface area contributed by atoms with Gasteiger partial charge in [-0.25, -0.2) is 4.79 Å². The molecule has 0 aliphatic rings. The standard InChI is InChI=1S/C22H22O6/c1-4-9-25-21(23)13-26-16-7-8-17-19(11-16)27-12-20(22(17)24)28-18-10-14(2)5-6-15(18)3/h5-8,10-12H,4,9,13H2,1-3H3. The molecule has 28 heavy (non-hydrogen) atoms. The lowest BCUT2D eigenvalue weighted by Gasteiger charge is -2.10. The number of hydrogen-bond acceptors (Lipinski definition) is 6. The van der Waals surface area contributed by atoms with Gasteiger partial charge in [0.05, 0.1) is 12.0 Å². The van der Waals surface area contributed by atoms with Crippen LogP contribution in [0, 0.1) is 13.8 Å². The number of fused-ring (bicyclic) bond motifs is 1. The number of ether oxygens (including phenoxy) is 3. The molecule has 0 N–H and O–H groups in total. The molecule has 1 heterocycles. The van der Waals surface area contributed by atoms with Crippen molar-refractivity contribution in [2.45, 2.75) is 27.2 Å². The van der Waals surface area contributed by atoms with Crippen molar-refractivity contribution in [2.75, 3.05) is 13.2 Å². The Morgan fingerprint density at radius 3 is 2.68 bits per heavy atom. The van der Waals surface area contributed by atoms with E-state index in [4.69, 9.17) is 18.6 Å². The topological polar surface area (TPSA) is 75.0 Å². The zero-order valence-corrected chi connectivity index (χ0v) is 16.1. The van der Waals surface area contributed by atoms with Crippen molar-refractivity contribution in [3.63, 3.8) is 0 Å². The number of esters is 1. The van der Waals surface area contributed by atoms with Gasteiger partial charge in [0.2, 0.25) is 11.2 Å². The monoisotopic (exact) mass is 382 g/mol. The molecule has 0 aliphatic carbocycles. The molecule has 0 atom stereocenters. The van der Waals surface area contributed by atoms with E-state index in [0.717, 1.165) is 17.5 Å². The van der Waals surface area contributed by atoms with Gasteiger partial charge in [0, 0.05) is 6.07 Å². The molecule has 6 nitrogen and oxygen atoms in total. The van der Waals surface area contributed by atoms with Crippen LogP contribution in [0.3, 0.4) is 0 Å². The summed E-state index contributed by atoms with van der Waals surface area (Å²) in [5.41, 5.74) is 2.02. The van der Waals surface area contributed by atoms with Crippen molar-refractivity contribution in [1.82, 2.24) is 0 Å². The third-order valence-corrected chi connectivity index (χ3v) is 4.10. The largest absolute Gasteiger partial charge is 0.482 e. The minimum atomic E-state index is -0.444. The van der Waals surface area contributed by atoms with Gasteiger partial charge in [0.1, 0.15) is 23.3 Å². The first-order chi connectivity index (χ1) is 13.5. The van der Waals surface area contributed by atoms with E-state index in [-0.39, 0.29) is 17.8 Å². The molecule has 0 amide bonds. The van der Waals surface area contributed by atoms with Gasteiger partial charge < -0.3 is 18.6 Å². The van der Waals surface area contributed by atoms with E-state index in [1.54, 1.807) is 18.2 Å². The highest BCUT2D eigenvalue weighted by Gasteiger charge is 2.12. The van der Waals surface area contributed by atoms with Crippen molar-refractivity contribution >= 4 is 16.9 Å². The van der Waals surface area contributed by atoms with Crippen LogP contribution in [0.25, 0.3) is 11.0 Å². The maximum atomic E-state index is 12.7. The highest BCUT2D eigenvalue weighted by atomic mass is 16.6. The Morgan fingerprint density at radius 1 is 1.07 bits per heavy atom. The average Bonchev–Trinajstić information content (AvgIpc) is 2.69. The summed E-state index contributed by atoms with van der Waals surface area (Å²) in [6.45, 7) is 5.93.